The maximum atomic E-state index is 5.80. The van der Waals surface area contributed by atoms with E-state index >= 15 is 0 Å². The highest BCUT2D eigenvalue weighted by Crippen LogP contribution is 2.43. The van der Waals surface area contributed by atoms with Crippen molar-refractivity contribution in [3.8, 4) is 17.2 Å². The van der Waals surface area contributed by atoms with Gasteiger partial charge in [-0.15, -0.1) is 0 Å². The molecular formula is C14H21NO3. The van der Waals surface area contributed by atoms with Crippen LogP contribution in [0, 0.1) is 5.92 Å². The van der Waals surface area contributed by atoms with Gasteiger partial charge in [0.2, 0.25) is 0 Å². The molecule has 1 N–H and O–H groups in total. The molecular weight excluding hydrogens is 230 g/mol. The van der Waals surface area contributed by atoms with Gasteiger partial charge in [-0.1, -0.05) is 13.8 Å². The van der Waals surface area contributed by atoms with Crippen LogP contribution in [-0.2, 0) is 0 Å². The number of nitrogens with one attached hydrogen (secondary N) is 1. The van der Waals surface area contributed by atoms with Crippen molar-refractivity contribution >= 4 is 0 Å². The lowest BCUT2D eigenvalue weighted by Crippen LogP contribution is -2.34. The van der Waals surface area contributed by atoms with Gasteiger partial charge in [0.1, 0.15) is 17.2 Å². The summed E-state index contributed by atoms with van der Waals surface area (Å²) in [5.74, 6) is 2.85. The first kappa shape index (κ1) is 13.0. The van der Waals surface area contributed by atoms with Crippen molar-refractivity contribution in [3.05, 3.63) is 17.7 Å². The number of hydrogen-bond donors (Lipinski definition) is 1. The molecule has 0 aromatic heterocycles. The molecule has 18 heavy (non-hydrogen) atoms. The molecule has 0 radical (unpaired) electrons. The van der Waals surface area contributed by atoms with E-state index in [4.69, 9.17) is 14.2 Å². The van der Waals surface area contributed by atoms with Crippen LogP contribution in [0.3, 0.4) is 0 Å². The lowest BCUT2D eigenvalue weighted by molar-refractivity contribution is 0.184. The quantitative estimate of drug-likeness (QED) is 0.892. The maximum absolute atomic E-state index is 5.80. The number of rotatable bonds is 4. The fourth-order valence-electron chi connectivity index (χ4n) is 2.41. The van der Waals surface area contributed by atoms with E-state index in [1.54, 1.807) is 14.2 Å². The van der Waals surface area contributed by atoms with Crippen molar-refractivity contribution in [2.45, 2.75) is 19.9 Å². The summed E-state index contributed by atoms with van der Waals surface area (Å²) in [6.45, 7) is 5.92. The smallest absolute Gasteiger partial charge is 0.131 e. The Morgan fingerprint density at radius 3 is 2.72 bits per heavy atom. The van der Waals surface area contributed by atoms with Crippen LogP contribution >= 0.6 is 0 Å². The molecule has 1 aliphatic rings. The predicted molar refractivity (Wildman–Crippen MR) is 70.6 cm³/mol. The van der Waals surface area contributed by atoms with Gasteiger partial charge >= 0.3 is 0 Å². The van der Waals surface area contributed by atoms with Crippen LogP contribution in [0.5, 0.6) is 17.2 Å². The van der Waals surface area contributed by atoms with Gasteiger partial charge in [0, 0.05) is 24.1 Å². The average molecular weight is 251 g/mol. The average Bonchev–Trinajstić information content (AvgIpc) is 2.40. The standard InChI is InChI=1S/C14H21NO3/c1-5-15-14-9(2)8-18-12-7-10(16-3)6-11(17-4)13(12)14/h6-7,9,14-15H,5,8H2,1-4H3. The summed E-state index contributed by atoms with van der Waals surface area (Å²) in [6.07, 6.45) is 0. The fraction of sp³-hybridized carbons (Fsp3) is 0.571. The molecule has 1 aromatic carbocycles. The van der Waals surface area contributed by atoms with E-state index in [2.05, 4.69) is 19.2 Å². The summed E-state index contributed by atoms with van der Waals surface area (Å²) >= 11 is 0. The number of fused-ring (bicyclic) bond motifs is 1. The highest BCUT2D eigenvalue weighted by atomic mass is 16.5. The van der Waals surface area contributed by atoms with Crippen molar-refractivity contribution in [2.24, 2.45) is 5.92 Å². The Balaban J connectivity index is 2.48. The molecule has 2 unspecified atom stereocenters. The summed E-state index contributed by atoms with van der Waals surface area (Å²) in [5.41, 5.74) is 1.10. The molecule has 100 valence electrons. The van der Waals surface area contributed by atoms with E-state index in [0.717, 1.165) is 29.4 Å². The maximum Gasteiger partial charge on any atom is 0.131 e. The van der Waals surface area contributed by atoms with Gasteiger partial charge in [-0.05, 0) is 6.54 Å². The van der Waals surface area contributed by atoms with Crippen molar-refractivity contribution in [1.29, 1.82) is 0 Å². The third-order valence-corrected chi connectivity index (χ3v) is 3.34. The number of methoxy groups -OCH3 is 2. The molecule has 0 spiro atoms. The molecule has 0 amide bonds. The zero-order chi connectivity index (χ0) is 13.1. The molecule has 4 nitrogen and oxygen atoms in total. The minimum absolute atomic E-state index is 0.264. The number of ether oxygens (including phenoxy) is 3. The second kappa shape index (κ2) is 5.48. The van der Waals surface area contributed by atoms with Gasteiger partial charge in [-0.2, -0.15) is 0 Å². The molecule has 2 rings (SSSR count). The third-order valence-electron chi connectivity index (χ3n) is 3.34. The van der Waals surface area contributed by atoms with Gasteiger partial charge in [0.25, 0.3) is 0 Å². The lowest BCUT2D eigenvalue weighted by atomic mass is 9.91. The Bertz CT molecular complexity index is 402. The Morgan fingerprint density at radius 1 is 1.33 bits per heavy atom. The first-order valence-corrected chi connectivity index (χ1v) is 6.33. The molecule has 1 aromatic rings. The normalized spacial score (nSPS) is 22.0. The summed E-state index contributed by atoms with van der Waals surface area (Å²) in [5, 5.41) is 3.50. The zero-order valence-electron chi connectivity index (χ0n) is 11.4. The van der Waals surface area contributed by atoms with E-state index < -0.39 is 0 Å². The predicted octanol–water partition coefficient (Wildman–Crippen LogP) is 2.38. The SMILES string of the molecule is CCNC1c2c(OC)cc(OC)cc2OCC1C. The molecule has 0 bridgehead atoms. The van der Waals surface area contributed by atoms with Crippen molar-refractivity contribution in [3.63, 3.8) is 0 Å². The monoisotopic (exact) mass is 251 g/mol. The van der Waals surface area contributed by atoms with Crippen LogP contribution in [0.2, 0.25) is 0 Å². The second-order valence-corrected chi connectivity index (χ2v) is 4.57. The Hall–Kier alpha value is -1.42. The number of benzene rings is 1. The Morgan fingerprint density at radius 2 is 2.11 bits per heavy atom. The first-order chi connectivity index (χ1) is 8.71. The minimum atomic E-state index is 0.264. The highest BCUT2D eigenvalue weighted by Gasteiger charge is 2.31. The zero-order valence-corrected chi connectivity index (χ0v) is 11.4. The summed E-state index contributed by atoms with van der Waals surface area (Å²) in [4.78, 5) is 0. The Labute approximate surface area is 108 Å². The molecule has 4 heteroatoms. The third kappa shape index (κ3) is 2.25. The van der Waals surface area contributed by atoms with Crippen LogP contribution in [0.25, 0.3) is 0 Å². The lowest BCUT2D eigenvalue weighted by Gasteiger charge is -2.33. The highest BCUT2D eigenvalue weighted by molar-refractivity contribution is 5.53. The molecule has 1 aliphatic heterocycles. The molecule has 0 saturated carbocycles. The van der Waals surface area contributed by atoms with E-state index in [1.165, 1.54) is 0 Å². The molecule has 2 atom stereocenters. The van der Waals surface area contributed by atoms with E-state index in [0.29, 0.717) is 12.5 Å². The van der Waals surface area contributed by atoms with Gasteiger partial charge in [-0.3, -0.25) is 0 Å². The van der Waals surface area contributed by atoms with Gasteiger partial charge in [0.15, 0.2) is 0 Å². The van der Waals surface area contributed by atoms with E-state index in [-0.39, 0.29) is 6.04 Å². The fourth-order valence-corrected chi connectivity index (χ4v) is 2.41. The topological polar surface area (TPSA) is 39.7 Å². The molecule has 1 heterocycles. The van der Waals surface area contributed by atoms with Gasteiger partial charge in [-0.25, -0.2) is 0 Å². The van der Waals surface area contributed by atoms with Crippen molar-refractivity contribution < 1.29 is 14.2 Å². The van der Waals surface area contributed by atoms with E-state index in [9.17, 15) is 0 Å². The van der Waals surface area contributed by atoms with Gasteiger partial charge < -0.3 is 19.5 Å². The van der Waals surface area contributed by atoms with Crippen molar-refractivity contribution in [2.75, 3.05) is 27.4 Å². The largest absolute Gasteiger partial charge is 0.496 e. The molecule has 0 fully saturated rings. The van der Waals surface area contributed by atoms with Crippen LogP contribution in [0.4, 0.5) is 0 Å². The second-order valence-electron chi connectivity index (χ2n) is 4.57. The van der Waals surface area contributed by atoms with Crippen LogP contribution in [0.1, 0.15) is 25.5 Å². The summed E-state index contributed by atoms with van der Waals surface area (Å²) in [7, 11) is 3.33. The molecule has 0 saturated heterocycles. The van der Waals surface area contributed by atoms with Crippen LogP contribution < -0.4 is 19.5 Å². The molecule has 0 aliphatic carbocycles. The summed E-state index contributed by atoms with van der Waals surface area (Å²) in [6, 6.07) is 4.10. The van der Waals surface area contributed by atoms with Crippen LogP contribution in [-0.4, -0.2) is 27.4 Å². The first-order valence-electron chi connectivity index (χ1n) is 6.33. The minimum Gasteiger partial charge on any atom is -0.496 e. The summed E-state index contributed by atoms with van der Waals surface area (Å²) < 4.78 is 16.5. The van der Waals surface area contributed by atoms with Crippen molar-refractivity contribution in [1.82, 2.24) is 5.32 Å². The number of hydrogen-bond acceptors (Lipinski definition) is 4. The van der Waals surface area contributed by atoms with Gasteiger partial charge in [0.05, 0.1) is 26.4 Å². The van der Waals surface area contributed by atoms with E-state index in [1.807, 2.05) is 12.1 Å². The van der Waals surface area contributed by atoms with Crippen LogP contribution in [0.15, 0.2) is 12.1 Å². The Kier molecular flexibility index (Phi) is 3.97.